The second kappa shape index (κ2) is 5.83. The number of aromatic nitrogens is 1. The summed E-state index contributed by atoms with van der Waals surface area (Å²) < 4.78 is 0. The Bertz CT molecular complexity index is 649. The van der Waals surface area contributed by atoms with Crippen molar-refractivity contribution in [1.82, 2.24) is 4.98 Å². The van der Waals surface area contributed by atoms with E-state index < -0.39 is 5.91 Å². The van der Waals surface area contributed by atoms with Gasteiger partial charge in [0.1, 0.15) is 0 Å². The fourth-order valence-electron chi connectivity index (χ4n) is 1.67. The molecular weight excluding hydrogens is 274 g/mol. The zero-order valence-corrected chi connectivity index (χ0v) is 12.0. The molecule has 1 aromatic heterocycles. The van der Waals surface area contributed by atoms with Gasteiger partial charge in [-0.3, -0.25) is 14.9 Å². The minimum atomic E-state index is -0.627. The van der Waals surface area contributed by atoms with E-state index in [1.807, 2.05) is 0 Å². The van der Waals surface area contributed by atoms with E-state index in [2.05, 4.69) is 24.1 Å². The molecule has 2 aromatic rings. The SMILES string of the molecule is CC(C)c1cnc(NC(=O)c2ccccc2C(N)=O)s1. The van der Waals surface area contributed by atoms with Crippen molar-refractivity contribution in [3.05, 3.63) is 46.5 Å². The summed E-state index contributed by atoms with van der Waals surface area (Å²) in [6.07, 6.45) is 1.74. The van der Waals surface area contributed by atoms with Gasteiger partial charge in [0.25, 0.3) is 5.91 Å². The summed E-state index contributed by atoms with van der Waals surface area (Å²) in [7, 11) is 0. The summed E-state index contributed by atoms with van der Waals surface area (Å²) in [5.74, 6) is -0.655. The maximum absolute atomic E-state index is 12.2. The molecule has 5 nitrogen and oxygen atoms in total. The maximum atomic E-state index is 12.2. The van der Waals surface area contributed by atoms with Gasteiger partial charge in [0, 0.05) is 11.1 Å². The lowest BCUT2D eigenvalue weighted by molar-refractivity contribution is 0.0977. The number of amides is 2. The molecule has 6 heteroatoms. The minimum Gasteiger partial charge on any atom is -0.366 e. The van der Waals surface area contributed by atoms with Crippen LogP contribution >= 0.6 is 11.3 Å². The highest BCUT2D eigenvalue weighted by Gasteiger charge is 2.16. The fraction of sp³-hybridized carbons (Fsp3) is 0.214. The van der Waals surface area contributed by atoms with Crippen LogP contribution in [0.4, 0.5) is 5.13 Å². The Morgan fingerprint density at radius 2 is 1.90 bits per heavy atom. The van der Waals surface area contributed by atoms with E-state index in [-0.39, 0.29) is 17.0 Å². The van der Waals surface area contributed by atoms with Gasteiger partial charge in [-0.05, 0) is 18.1 Å². The summed E-state index contributed by atoms with van der Waals surface area (Å²) >= 11 is 1.42. The Kier molecular flexibility index (Phi) is 4.14. The summed E-state index contributed by atoms with van der Waals surface area (Å²) in [5.41, 5.74) is 5.71. The molecule has 0 aliphatic carbocycles. The van der Waals surface area contributed by atoms with Crippen LogP contribution in [-0.4, -0.2) is 16.8 Å². The Hall–Kier alpha value is -2.21. The van der Waals surface area contributed by atoms with Crippen molar-refractivity contribution in [3.63, 3.8) is 0 Å². The van der Waals surface area contributed by atoms with Crippen molar-refractivity contribution in [2.45, 2.75) is 19.8 Å². The molecule has 0 atom stereocenters. The zero-order valence-electron chi connectivity index (χ0n) is 11.2. The van der Waals surface area contributed by atoms with Crippen LogP contribution in [0.1, 0.15) is 45.4 Å². The monoisotopic (exact) mass is 289 g/mol. The first-order valence-electron chi connectivity index (χ1n) is 6.15. The Labute approximate surface area is 120 Å². The topological polar surface area (TPSA) is 85.1 Å². The van der Waals surface area contributed by atoms with Gasteiger partial charge >= 0.3 is 0 Å². The number of nitrogens with one attached hydrogen (secondary N) is 1. The zero-order chi connectivity index (χ0) is 14.7. The van der Waals surface area contributed by atoms with Crippen LogP contribution in [0.25, 0.3) is 0 Å². The molecule has 0 aliphatic rings. The lowest BCUT2D eigenvalue weighted by atomic mass is 10.1. The van der Waals surface area contributed by atoms with Crippen molar-refractivity contribution in [2.24, 2.45) is 5.73 Å². The van der Waals surface area contributed by atoms with Gasteiger partial charge in [0.05, 0.1) is 11.1 Å². The first-order valence-corrected chi connectivity index (χ1v) is 6.96. The average Bonchev–Trinajstić information content (AvgIpc) is 2.87. The summed E-state index contributed by atoms with van der Waals surface area (Å²) in [5, 5.41) is 3.20. The number of thiazole rings is 1. The molecule has 0 bridgehead atoms. The van der Waals surface area contributed by atoms with Crippen molar-refractivity contribution in [1.29, 1.82) is 0 Å². The molecule has 0 unspecified atom stereocenters. The predicted octanol–water partition coefficient (Wildman–Crippen LogP) is 2.62. The van der Waals surface area contributed by atoms with Crippen LogP contribution in [0.3, 0.4) is 0 Å². The third-order valence-corrected chi connectivity index (χ3v) is 3.96. The smallest absolute Gasteiger partial charge is 0.258 e. The molecule has 20 heavy (non-hydrogen) atoms. The molecule has 3 N–H and O–H groups in total. The molecule has 0 saturated carbocycles. The van der Waals surface area contributed by atoms with Gasteiger partial charge < -0.3 is 5.73 Å². The van der Waals surface area contributed by atoms with E-state index in [9.17, 15) is 9.59 Å². The average molecular weight is 289 g/mol. The first-order chi connectivity index (χ1) is 9.49. The molecule has 0 radical (unpaired) electrons. The van der Waals surface area contributed by atoms with E-state index in [0.29, 0.717) is 11.0 Å². The van der Waals surface area contributed by atoms with E-state index in [4.69, 9.17) is 5.73 Å². The number of primary amides is 1. The van der Waals surface area contributed by atoms with E-state index in [1.165, 1.54) is 17.4 Å². The van der Waals surface area contributed by atoms with Gasteiger partial charge in [0.2, 0.25) is 5.91 Å². The number of carbonyl (C=O) groups is 2. The Morgan fingerprint density at radius 3 is 2.45 bits per heavy atom. The van der Waals surface area contributed by atoms with Crippen LogP contribution < -0.4 is 11.1 Å². The Morgan fingerprint density at radius 1 is 1.25 bits per heavy atom. The lowest BCUT2D eigenvalue weighted by Gasteiger charge is -2.05. The number of carbonyl (C=O) groups excluding carboxylic acids is 2. The number of anilines is 1. The standard InChI is InChI=1S/C14H15N3O2S/c1-8(2)11-7-16-14(20-11)17-13(19)10-6-4-3-5-9(10)12(15)18/h3-8H,1-2H3,(H2,15,18)(H,16,17,19). The molecule has 2 rings (SSSR count). The minimum absolute atomic E-state index is 0.200. The van der Waals surface area contributed by atoms with E-state index >= 15 is 0 Å². The van der Waals surface area contributed by atoms with Crippen molar-refractivity contribution >= 4 is 28.3 Å². The normalized spacial score (nSPS) is 10.6. The lowest BCUT2D eigenvalue weighted by Crippen LogP contribution is -2.20. The highest BCUT2D eigenvalue weighted by atomic mass is 32.1. The summed E-state index contributed by atoms with van der Waals surface area (Å²) in [6.45, 7) is 4.11. The highest BCUT2D eigenvalue weighted by Crippen LogP contribution is 2.25. The van der Waals surface area contributed by atoms with Gasteiger partial charge in [-0.25, -0.2) is 4.98 Å². The second-order valence-electron chi connectivity index (χ2n) is 4.59. The highest BCUT2D eigenvalue weighted by molar-refractivity contribution is 7.15. The van der Waals surface area contributed by atoms with Crippen molar-refractivity contribution < 1.29 is 9.59 Å². The third-order valence-electron chi connectivity index (χ3n) is 2.75. The number of rotatable bonds is 4. The van der Waals surface area contributed by atoms with Crippen LogP contribution in [0.2, 0.25) is 0 Å². The number of nitrogens with two attached hydrogens (primary N) is 1. The van der Waals surface area contributed by atoms with Gasteiger partial charge in [0.15, 0.2) is 5.13 Å². The molecule has 0 spiro atoms. The molecule has 0 fully saturated rings. The summed E-state index contributed by atoms with van der Waals surface area (Å²) in [6, 6.07) is 6.44. The quantitative estimate of drug-likeness (QED) is 0.907. The Balaban J connectivity index is 2.22. The predicted molar refractivity (Wildman–Crippen MR) is 79.1 cm³/mol. The van der Waals surface area contributed by atoms with Crippen molar-refractivity contribution in [2.75, 3.05) is 5.32 Å². The van der Waals surface area contributed by atoms with Gasteiger partial charge in [-0.2, -0.15) is 0 Å². The number of hydrogen-bond donors (Lipinski definition) is 2. The van der Waals surface area contributed by atoms with Crippen LogP contribution in [0.5, 0.6) is 0 Å². The largest absolute Gasteiger partial charge is 0.366 e. The number of nitrogens with zero attached hydrogens (tertiary/aromatic N) is 1. The van der Waals surface area contributed by atoms with Crippen molar-refractivity contribution in [3.8, 4) is 0 Å². The first kappa shape index (κ1) is 14.2. The summed E-state index contributed by atoms with van der Waals surface area (Å²) in [4.78, 5) is 28.7. The number of hydrogen-bond acceptors (Lipinski definition) is 4. The fourth-order valence-corrected chi connectivity index (χ4v) is 2.49. The molecular formula is C14H15N3O2S. The van der Waals surface area contributed by atoms with E-state index in [0.717, 1.165) is 4.88 Å². The maximum Gasteiger partial charge on any atom is 0.258 e. The van der Waals surface area contributed by atoms with E-state index in [1.54, 1.807) is 24.4 Å². The molecule has 0 aliphatic heterocycles. The molecule has 104 valence electrons. The molecule has 2 amide bonds. The molecule has 1 aromatic carbocycles. The number of benzene rings is 1. The van der Waals surface area contributed by atoms with Crippen LogP contribution in [0.15, 0.2) is 30.5 Å². The van der Waals surface area contributed by atoms with Gasteiger partial charge in [-0.1, -0.05) is 26.0 Å². The molecule has 1 heterocycles. The molecule has 0 saturated heterocycles. The third kappa shape index (κ3) is 3.03. The van der Waals surface area contributed by atoms with Crippen LogP contribution in [-0.2, 0) is 0 Å². The second-order valence-corrected chi connectivity index (χ2v) is 5.65. The van der Waals surface area contributed by atoms with Gasteiger partial charge in [-0.15, -0.1) is 11.3 Å². The van der Waals surface area contributed by atoms with Crippen LogP contribution in [0, 0.1) is 0 Å².